The highest BCUT2D eigenvalue weighted by Crippen LogP contribution is 2.39. The van der Waals surface area contributed by atoms with Crippen molar-refractivity contribution >= 4 is 12.0 Å². The molecule has 21 heavy (non-hydrogen) atoms. The number of carboxylic acid groups (broad SMARTS) is 1. The Morgan fingerprint density at radius 1 is 1.19 bits per heavy atom. The Morgan fingerprint density at radius 3 is 2.24 bits per heavy atom. The first-order valence-electron chi connectivity index (χ1n) is 8.06. The number of carbonyl (C=O) groups is 2. The average molecular weight is 296 g/mol. The third-order valence-corrected chi connectivity index (χ3v) is 5.37. The van der Waals surface area contributed by atoms with Gasteiger partial charge in [-0.15, -0.1) is 0 Å². The molecule has 5 nitrogen and oxygen atoms in total. The molecule has 2 saturated carbocycles. The predicted octanol–water partition coefficient (Wildman–Crippen LogP) is 2.80. The first-order chi connectivity index (χ1) is 9.85. The van der Waals surface area contributed by atoms with E-state index in [1.165, 1.54) is 6.42 Å². The number of rotatable bonds is 5. The number of hydrogen-bond donors (Lipinski definition) is 1. The molecule has 0 spiro atoms. The van der Waals surface area contributed by atoms with Crippen molar-refractivity contribution in [2.45, 2.75) is 57.4 Å². The summed E-state index contributed by atoms with van der Waals surface area (Å²) in [6.07, 6.45) is 6.01. The van der Waals surface area contributed by atoms with E-state index in [0.717, 1.165) is 38.6 Å². The average Bonchev–Trinajstić information content (AvgIpc) is 3.12. The number of amides is 2. The van der Waals surface area contributed by atoms with Crippen molar-refractivity contribution in [3.05, 3.63) is 0 Å². The standard InChI is InChI=1S/C16H28N2O3/c1-12-9-13(12)11-17(2)15(21)18(3)16(10-14(19)20)7-5-4-6-8-16/h12-13H,4-11H2,1-3H3,(H,19,20). The van der Waals surface area contributed by atoms with Crippen molar-refractivity contribution in [2.24, 2.45) is 11.8 Å². The Morgan fingerprint density at radius 2 is 1.76 bits per heavy atom. The van der Waals surface area contributed by atoms with Crippen LogP contribution < -0.4 is 0 Å². The van der Waals surface area contributed by atoms with Crippen LogP contribution in [0.5, 0.6) is 0 Å². The molecule has 2 aliphatic carbocycles. The van der Waals surface area contributed by atoms with Gasteiger partial charge >= 0.3 is 12.0 Å². The molecule has 0 bridgehead atoms. The normalized spacial score (nSPS) is 27.0. The molecule has 5 heteroatoms. The Balaban J connectivity index is 2.03. The van der Waals surface area contributed by atoms with Crippen LogP contribution in [-0.4, -0.2) is 53.1 Å². The molecule has 2 rings (SSSR count). The van der Waals surface area contributed by atoms with E-state index in [1.807, 2.05) is 7.05 Å². The largest absolute Gasteiger partial charge is 0.481 e. The maximum atomic E-state index is 12.7. The van der Waals surface area contributed by atoms with Gasteiger partial charge in [0.05, 0.1) is 12.0 Å². The van der Waals surface area contributed by atoms with Gasteiger partial charge in [-0.2, -0.15) is 0 Å². The van der Waals surface area contributed by atoms with Crippen molar-refractivity contribution in [3.63, 3.8) is 0 Å². The van der Waals surface area contributed by atoms with Gasteiger partial charge in [0.25, 0.3) is 0 Å². The fraction of sp³-hybridized carbons (Fsp3) is 0.875. The minimum Gasteiger partial charge on any atom is -0.481 e. The third kappa shape index (κ3) is 3.69. The van der Waals surface area contributed by atoms with Crippen molar-refractivity contribution in [1.82, 2.24) is 9.80 Å². The lowest BCUT2D eigenvalue weighted by atomic mass is 9.78. The number of aliphatic carboxylic acids is 1. The highest BCUT2D eigenvalue weighted by atomic mass is 16.4. The molecule has 0 saturated heterocycles. The van der Waals surface area contributed by atoms with Crippen LogP contribution in [-0.2, 0) is 4.79 Å². The maximum Gasteiger partial charge on any atom is 0.319 e. The predicted molar refractivity (Wildman–Crippen MR) is 81.1 cm³/mol. The molecule has 2 unspecified atom stereocenters. The van der Waals surface area contributed by atoms with E-state index in [2.05, 4.69) is 6.92 Å². The molecule has 0 aromatic carbocycles. The van der Waals surface area contributed by atoms with Gasteiger partial charge in [-0.3, -0.25) is 4.79 Å². The highest BCUT2D eigenvalue weighted by molar-refractivity contribution is 5.76. The second-order valence-corrected chi connectivity index (χ2v) is 7.05. The monoisotopic (exact) mass is 296 g/mol. The first-order valence-corrected chi connectivity index (χ1v) is 8.06. The number of urea groups is 1. The van der Waals surface area contributed by atoms with Crippen LogP contribution in [0, 0.1) is 11.8 Å². The van der Waals surface area contributed by atoms with Gasteiger partial charge in [0.1, 0.15) is 0 Å². The lowest BCUT2D eigenvalue weighted by molar-refractivity contribution is -0.140. The molecule has 2 amide bonds. The fourth-order valence-corrected chi connectivity index (χ4v) is 3.66. The van der Waals surface area contributed by atoms with E-state index < -0.39 is 11.5 Å². The van der Waals surface area contributed by atoms with Crippen LogP contribution in [0.1, 0.15) is 51.9 Å². The highest BCUT2D eigenvalue weighted by Gasteiger charge is 2.42. The third-order valence-electron chi connectivity index (χ3n) is 5.37. The first kappa shape index (κ1) is 16.1. The zero-order valence-electron chi connectivity index (χ0n) is 13.5. The van der Waals surface area contributed by atoms with E-state index in [9.17, 15) is 14.7 Å². The maximum absolute atomic E-state index is 12.7. The lowest BCUT2D eigenvalue weighted by Gasteiger charge is -2.45. The van der Waals surface area contributed by atoms with Gasteiger partial charge in [0, 0.05) is 20.6 Å². The summed E-state index contributed by atoms with van der Waals surface area (Å²) >= 11 is 0. The van der Waals surface area contributed by atoms with E-state index in [4.69, 9.17) is 0 Å². The van der Waals surface area contributed by atoms with Crippen LogP contribution in [0.15, 0.2) is 0 Å². The minimum atomic E-state index is -0.810. The number of nitrogens with zero attached hydrogens (tertiary/aromatic N) is 2. The van der Waals surface area contributed by atoms with Crippen molar-refractivity contribution in [2.75, 3.05) is 20.6 Å². The van der Waals surface area contributed by atoms with E-state index >= 15 is 0 Å². The van der Waals surface area contributed by atoms with Gasteiger partial charge in [0.15, 0.2) is 0 Å². The molecule has 0 aromatic rings. The Hall–Kier alpha value is -1.26. The van der Waals surface area contributed by atoms with Crippen LogP contribution in [0.3, 0.4) is 0 Å². The molecule has 0 radical (unpaired) electrons. The summed E-state index contributed by atoms with van der Waals surface area (Å²) in [6.45, 7) is 2.99. The van der Waals surface area contributed by atoms with E-state index in [1.54, 1.807) is 16.8 Å². The zero-order valence-corrected chi connectivity index (χ0v) is 13.5. The summed E-state index contributed by atoms with van der Waals surface area (Å²) in [4.78, 5) is 27.4. The Bertz CT molecular complexity index is 404. The summed E-state index contributed by atoms with van der Waals surface area (Å²) in [6, 6.07) is -0.0303. The molecule has 0 aliphatic heterocycles. The van der Waals surface area contributed by atoms with Gasteiger partial charge in [-0.25, -0.2) is 4.79 Å². The quantitative estimate of drug-likeness (QED) is 0.848. The van der Waals surface area contributed by atoms with Gasteiger partial charge in [-0.1, -0.05) is 26.2 Å². The molecular formula is C16H28N2O3. The molecule has 0 aromatic heterocycles. The number of carboxylic acids is 1. The second-order valence-electron chi connectivity index (χ2n) is 7.05. The summed E-state index contributed by atoms with van der Waals surface area (Å²) in [5, 5.41) is 9.24. The summed E-state index contributed by atoms with van der Waals surface area (Å²) < 4.78 is 0. The SMILES string of the molecule is CC1CC1CN(C)C(=O)N(C)C1(CC(=O)O)CCCCC1. The van der Waals surface area contributed by atoms with Gasteiger partial charge in [-0.05, 0) is 31.1 Å². The topological polar surface area (TPSA) is 60.9 Å². The van der Waals surface area contributed by atoms with Crippen LogP contribution in [0.2, 0.25) is 0 Å². The molecule has 1 N–H and O–H groups in total. The van der Waals surface area contributed by atoms with Crippen molar-refractivity contribution in [3.8, 4) is 0 Å². The molecular weight excluding hydrogens is 268 g/mol. The van der Waals surface area contributed by atoms with Crippen LogP contribution in [0.25, 0.3) is 0 Å². The second kappa shape index (κ2) is 6.24. The smallest absolute Gasteiger partial charge is 0.319 e. The summed E-state index contributed by atoms with van der Waals surface area (Å²) in [5.74, 6) is 0.525. The van der Waals surface area contributed by atoms with E-state index in [0.29, 0.717) is 11.8 Å². The zero-order chi connectivity index (χ0) is 15.6. The Kier molecular flexibility index (Phi) is 4.79. The summed E-state index contributed by atoms with van der Waals surface area (Å²) in [7, 11) is 3.62. The molecule has 0 heterocycles. The van der Waals surface area contributed by atoms with Crippen LogP contribution >= 0.6 is 0 Å². The molecule has 120 valence electrons. The van der Waals surface area contributed by atoms with Crippen molar-refractivity contribution in [1.29, 1.82) is 0 Å². The summed E-state index contributed by atoms with van der Waals surface area (Å²) in [5.41, 5.74) is -0.495. The van der Waals surface area contributed by atoms with Crippen LogP contribution in [0.4, 0.5) is 4.79 Å². The number of carbonyl (C=O) groups excluding carboxylic acids is 1. The molecule has 2 atom stereocenters. The molecule has 2 fully saturated rings. The number of hydrogen-bond acceptors (Lipinski definition) is 2. The molecule has 2 aliphatic rings. The van der Waals surface area contributed by atoms with Crippen molar-refractivity contribution < 1.29 is 14.7 Å². The van der Waals surface area contributed by atoms with E-state index in [-0.39, 0.29) is 12.5 Å². The van der Waals surface area contributed by atoms with Gasteiger partial charge in [0.2, 0.25) is 0 Å². The fourth-order valence-electron chi connectivity index (χ4n) is 3.66. The lowest BCUT2D eigenvalue weighted by Crippen LogP contribution is -2.55. The minimum absolute atomic E-state index is 0.0303. The van der Waals surface area contributed by atoms with Gasteiger partial charge < -0.3 is 14.9 Å². The Labute approximate surface area is 127 Å².